The van der Waals surface area contributed by atoms with Crippen LogP contribution in [0.4, 0.5) is 0 Å². The van der Waals surface area contributed by atoms with Crippen molar-refractivity contribution in [2.45, 2.75) is 39.2 Å². The number of Topliss-reactive ketones (excluding diaryl/α,β-unsaturated/α-hetero) is 1. The van der Waals surface area contributed by atoms with Crippen LogP contribution in [0.2, 0.25) is 0 Å². The fourth-order valence-electron chi connectivity index (χ4n) is 5.00. The highest BCUT2D eigenvalue weighted by molar-refractivity contribution is 6.46. The lowest BCUT2D eigenvalue weighted by Gasteiger charge is -2.31. The first-order valence-electron chi connectivity index (χ1n) is 13.4. The van der Waals surface area contributed by atoms with E-state index in [9.17, 15) is 14.7 Å². The first-order valence-corrected chi connectivity index (χ1v) is 13.4. The molecular formula is C30H38N2O6. The van der Waals surface area contributed by atoms with Gasteiger partial charge in [-0.2, -0.15) is 0 Å². The number of carbonyl (C=O) groups excluding carboxylic acids is 2. The van der Waals surface area contributed by atoms with Gasteiger partial charge in [0.25, 0.3) is 11.7 Å². The monoisotopic (exact) mass is 522 g/mol. The van der Waals surface area contributed by atoms with Gasteiger partial charge < -0.3 is 24.2 Å². The molecule has 38 heavy (non-hydrogen) atoms. The summed E-state index contributed by atoms with van der Waals surface area (Å²) in [5.74, 6) is -0.0508. The van der Waals surface area contributed by atoms with E-state index in [-0.39, 0.29) is 11.3 Å². The molecule has 0 aromatic heterocycles. The quantitative estimate of drug-likeness (QED) is 0.203. The summed E-state index contributed by atoms with van der Waals surface area (Å²) in [6.45, 7) is 8.51. The predicted molar refractivity (Wildman–Crippen MR) is 145 cm³/mol. The van der Waals surface area contributed by atoms with Crippen LogP contribution in [0.25, 0.3) is 5.76 Å². The largest absolute Gasteiger partial charge is 0.507 e. The smallest absolute Gasteiger partial charge is 0.295 e. The first-order chi connectivity index (χ1) is 18.4. The number of ether oxygens (including phenoxy) is 3. The molecule has 0 radical (unpaired) electrons. The molecule has 4 rings (SSSR count). The molecule has 8 nitrogen and oxygen atoms in total. The molecule has 1 unspecified atom stereocenters. The van der Waals surface area contributed by atoms with Gasteiger partial charge >= 0.3 is 0 Å². The number of carbonyl (C=O) groups is 2. The molecule has 0 spiro atoms. The third-order valence-electron chi connectivity index (χ3n) is 7.18. The van der Waals surface area contributed by atoms with Crippen molar-refractivity contribution in [2.24, 2.45) is 0 Å². The van der Waals surface area contributed by atoms with E-state index in [1.165, 1.54) is 0 Å². The summed E-state index contributed by atoms with van der Waals surface area (Å²) >= 11 is 0. The highest BCUT2D eigenvalue weighted by atomic mass is 16.5. The van der Waals surface area contributed by atoms with Crippen LogP contribution >= 0.6 is 0 Å². The second-order valence-corrected chi connectivity index (χ2v) is 9.76. The molecule has 2 aliphatic heterocycles. The molecule has 0 saturated carbocycles. The van der Waals surface area contributed by atoms with Crippen molar-refractivity contribution in [1.29, 1.82) is 0 Å². The number of aliphatic hydroxyl groups is 1. The molecule has 2 heterocycles. The van der Waals surface area contributed by atoms with E-state index in [0.29, 0.717) is 44.2 Å². The molecule has 2 fully saturated rings. The second-order valence-electron chi connectivity index (χ2n) is 9.76. The number of likely N-dealkylation sites (tertiary alicyclic amines) is 1. The fraction of sp³-hybridized carbons (Fsp3) is 0.467. The standard InChI is InChI=1S/C30H38N2O6/c1-4-5-6-17-38-24-10-7-22(8-11-24)27-26(28(33)23-9-12-25(36-3)21(2)20-23)29(34)30(35)32(27)14-13-31-15-18-37-19-16-31/h7-12,20,27,33H,4-6,13-19H2,1-3H3/b28-26+. The lowest BCUT2D eigenvalue weighted by molar-refractivity contribution is -0.140. The van der Waals surface area contributed by atoms with E-state index in [2.05, 4.69) is 11.8 Å². The van der Waals surface area contributed by atoms with Crippen molar-refractivity contribution in [3.8, 4) is 11.5 Å². The summed E-state index contributed by atoms with van der Waals surface area (Å²) in [7, 11) is 1.58. The molecule has 1 amide bonds. The van der Waals surface area contributed by atoms with Gasteiger partial charge in [0, 0.05) is 31.7 Å². The van der Waals surface area contributed by atoms with Crippen molar-refractivity contribution >= 4 is 17.4 Å². The average molecular weight is 523 g/mol. The summed E-state index contributed by atoms with van der Waals surface area (Å²) in [5.41, 5.74) is 2.13. The van der Waals surface area contributed by atoms with Gasteiger partial charge in [0.1, 0.15) is 17.3 Å². The number of ketones is 1. The molecule has 1 atom stereocenters. The van der Waals surface area contributed by atoms with Crippen LogP contribution in [0.3, 0.4) is 0 Å². The lowest BCUT2D eigenvalue weighted by atomic mass is 9.94. The third-order valence-corrected chi connectivity index (χ3v) is 7.18. The summed E-state index contributed by atoms with van der Waals surface area (Å²) in [6.07, 6.45) is 3.22. The Balaban J connectivity index is 1.67. The maximum atomic E-state index is 13.4. The van der Waals surface area contributed by atoms with E-state index in [4.69, 9.17) is 14.2 Å². The van der Waals surface area contributed by atoms with E-state index in [0.717, 1.165) is 49.2 Å². The number of hydrogen-bond acceptors (Lipinski definition) is 7. The van der Waals surface area contributed by atoms with Crippen LogP contribution in [-0.2, 0) is 14.3 Å². The molecule has 0 bridgehead atoms. The SMILES string of the molecule is CCCCCOc1ccc(C2/C(=C(\O)c3ccc(OC)c(C)c3)C(=O)C(=O)N2CCN2CCOCC2)cc1. The minimum absolute atomic E-state index is 0.0955. The van der Waals surface area contributed by atoms with Crippen LogP contribution in [0, 0.1) is 6.92 Å². The molecule has 8 heteroatoms. The van der Waals surface area contributed by atoms with Crippen molar-refractivity contribution in [2.75, 3.05) is 53.1 Å². The maximum Gasteiger partial charge on any atom is 0.295 e. The zero-order valence-corrected chi connectivity index (χ0v) is 22.6. The highest BCUT2D eigenvalue weighted by Crippen LogP contribution is 2.40. The fourth-order valence-corrected chi connectivity index (χ4v) is 5.00. The van der Waals surface area contributed by atoms with Crippen molar-refractivity contribution in [3.63, 3.8) is 0 Å². The van der Waals surface area contributed by atoms with Gasteiger partial charge in [-0.15, -0.1) is 0 Å². The number of methoxy groups -OCH3 is 1. The summed E-state index contributed by atoms with van der Waals surface area (Å²) in [4.78, 5) is 30.4. The third kappa shape index (κ3) is 6.19. The minimum Gasteiger partial charge on any atom is -0.507 e. The number of amides is 1. The van der Waals surface area contributed by atoms with E-state index < -0.39 is 17.7 Å². The van der Waals surface area contributed by atoms with Crippen LogP contribution < -0.4 is 9.47 Å². The Bertz CT molecular complexity index is 1150. The second kappa shape index (κ2) is 12.9. The van der Waals surface area contributed by atoms with Crippen LogP contribution in [0.15, 0.2) is 48.0 Å². The molecule has 2 aliphatic rings. The number of aryl methyl sites for hydroxylation is 1. The van der Waals surface area contributed by atoms with Gasteiger partial charge in [-0.25, -0.2) is 0 Å². The molecule has 0 aliphatic carbocycles. The van der Waals surface area contributed by atoms with Gasteiger partial charge in [-0.3, -0.25) is 14.5 Å². The van der Waals surface area contributed by atoms with Crippen molar-refractivity contribution in [1.82, 2.24) is 9.80 Å². The Morgan fingerprint density at radius 2 is 1.79 bits per heavy atom. The van der Waals surface area contributed by atoms with E-state index in [1.807, 2.05) is 31.2 Å². The van der Waals surface area contributed by atoms with Gasteiger partial charge in [0.05, 0.1) is 38.5 Å². The van der Waals surface area contributed by atoms with Gasteiger partial charge in [-0.1, -0.05) is 31.9 Å². The summed E-state index contributed by atoms with van der Waals surface area (Å²) in [6, 6.07) is 12.0. The molecule has 1 N–H and O–H groups in total. The Morgan fingerprint density at radius 1 is 1.05 bits per heavy atom. The summed E-state index contributed by atoms with van der Waals surface area (Å²) < 4.78 is 16.6. The molecular weight excluding hydrogens is 484 g/mol. The number of benzene rings is 2. The van der Waals surface area contributed by atoms with Crippen molar-refractivity contribution in [3.05, 3.63) is 64.7 Å². The molecule has 2 saturated heterocycles. The molecule has 2 aromatic carbocycles. The molecule has 204 valence electrons. The van der Waals surface area contributed by atoms with Crippen LogP contribution in [-0.4, -0.2) is 79.7 Å². The summed E-state index contributed by atoms with van der Waals surface area (Å²) in [5, 5.41) is 11.4. The number of nitrogens with zero attached hydrogens (tertiary/aromatic N) is 2. The Labute approximate surface area is 224 Å². The number of hydrogen-bond donors (Lipinski definition) is 1. The molecule has 2 aromatic rings. The zero-order valence-electron chi connectivity index (χ0n) is 22.6. The van der Waals surface area contributed by atoms with E-state index in [1.54, 1.807) is 30.2 Å². The number of aliphatic hydroxyl groups excluding tert-OH is 1. The zero-order chi connectivity index (χ0) is 27.1. The Kier molecular flexibility index (Phi) is 9.42. The Hall–Kier alpha value is -3.36. The van der Waals surface area contributed by atoms with E-state index >= 15 is 0 Å². The number of unbranched alkanes of at least 4 members (excludes halogenated alkanes) is 2. The maximum absolute atomic E-state index is 13.4. The average Bonchev–Trinajstić information content (AvgIpc) is 3.19. The Morgan fingerprint density at radius 3 is 2.45 bits per heavy atom. The van der Waals surface area contributed by atoms with Crippen molar-refractivity contribution < 1.29 is 28.9 Å². The van der Waals surface area contributed by atoms with Gasteiger partial charge in [-0.05, 0) is 54.8 Å². The number of morpholine rings is 1. The van der Waals surface area contributed by atoms with Gasteiger partial charge in [0.15, 0.2) is 0 Å². The number of rotatable bonds is 11. The van der Waals surface area contributed by atoms with Crippen LogP contribution in [0.1, 0.15) is 48.9 Å². The lowest BCUT2D eigenvalue weighted by Crippen LogP contribution is -2.42. The topological polar surface area (TPSA) is 88.5 Å². The first kappa shape index (κ1) is 27.7. The predicted octanol–water partition coefficient (Wildman–Crippen LogP) is 4.33. The van der Waals surface area contributed by atoms with Crippen LogP contribution in [0.5, 0.6) is 11.5 Å². The normalized spacial score (nSPS) is 19.7. The minimum atomic E-state index is -0.701. The van der Waals surface area contributed by atoms with Gasteiger partial charge in [0.2, 0.25) is 0 Å². The highest BCUT2D eigenvalue weighted by Gasteiger charge is 2.46.